The van der Waals surface area contributed by atoms with Crippen molar-refractivity contribution in [3.63, 3.8) is 0 Å². The zero-order valence-corrected chi connectivity index (χ0v) is 15.6. The third kappa shape index (κ3) is 6.62. The van der Waals surface area contributed by atoms with E-state index < -0.39 is 0 Å². The maximum atomic E-state index is 12.3. The van der Waals surface area contributed by atoms with Crippen molar-refractivity contribution < 1.29 is 23.8 Å². The molecule has 2 rings (SSSR count). The van der Waals surface area contributed by atoms with Crippen molar-refractivity contribution >= 4 is 11.9 Å². The van der Waals surface area contributed by atoms with Crippen LogP contribution in [0, 0.1) is 0 Å². The number of amides is 1. The number of esters is 1. The number of nitrogens with zero attached hydrogens (tertiary/aromatic N) is 1. The van der Waals surface area contributed by atoms with Crippen molar-refractivity contribution in [2.75, 3.05) is 19.8 Å². The molecule has 2 aromatic rings. The van der Waals surface area contributed by atoms with E-state index in [1.54, 1.807) is 37.5 Å². The minimum atomic E-state index is -0.340. The summed E-state index contributed by atoms with van der Waals surface area (Å²) in [4.78, 5) is 27.6. The molecule has 0 aliphatic carbocycles. The first-order chi connectivity index (χ1) is 13.1. The molecule has 0 spiro atoms. The van der Waals surface area contributed by atoms with Gasteiger partial charge >= 0.3 is 5.97 Å². The van der Waals surface area contributed by atoms with Gasteiger partial charge in [-0.3, -0.25) is 14.6 Å². The number of carbonyl (C=O) groups excluding carboxylic acids is 2. The highest BCUT2D eigenvalue weighted by atomic mass is 16.5. The van der Waals surface area contributed by atoms with Crippen LogP contribution in [0.4, 0.5) is 0 Å². The first-order valence-corrected chi connectivity index (χ1v) is 8.86. The summed E-state index contributed by atoms with van der Waals surface area (Å²) in [5.41, 5.74) is 1.41. The average Bonchev–Trinajstić information content (AvgIpc) is 2.68. The molecule has 144 valence electrons. The van der Waals surface area contributed by atoms with Crippen molar-refractivity contribution in [3.8, 4) is 11.5 Å². The Kier molecular flexibility index (Phi) is 8.09. The maximum Gasteiger partial charge on any atom is 0.307 e. The summed E-state index contributed by atoms with van der Waals surface area (Å²) in [6.07, 6.45) is 3.53. The number of hydrogen-bond donors (Lipinski definition) is 1. The zero-order chi connectivity index (χ0) is 19.5. The molecule has 1 aromatic heterocycles. The van der Waals surface area contributed by atoms with Crippen LogP contribution in [0.5, 0.6) is 11.5 Å². The van der Waals surface area contributed by atoms with Gasteiger partial charge in [0.1, 0.15) is 6.61 Å². The van der Waals surface area contributed by atoms with Gasteiger partial charge in [-0.05, 0) is 49.7 Å². The fourth-order valence-corrected chi connectivity index (χ4v) is 2.29. The van der Waals surface area contributed by atoms with E-state index >= 15 is 0 Å². The van der Waals surface area contributed by atoms with E-state index in [0.717, 1.165) is 5.56 Å². The molecule has 1 aromatic carbocycles. The van der Waals surface area contributed by atoms with E-state index in [0.29, 0.717) is 36.9 Å². The number of carbonyl (C=O) groups is 2. The van der Waals surface area contributed by atoms with Crippen LogP contribution in [-0.4, -0.2) is 36.6 Å². The highest BCUT2D eigenvalue weighted by Gasteiger charge is 2.12. The Morgan fingerprint density at radius 1 is 1.00 bits per heavy atom. The summed E-state index contributed by atoms with van der Waals surface area (Å²) in [7, 11) is 0. The summed E-state index contributed by atoms with van der Waals surface area (Å²) < 4.78 is 16.2. The minimum Gasteiger partial charge on any atom is -0.490 e. The van der Waals surface area contributed by atoms with E-state index in [4.69, 9.17) is 14.2 Å². The molecule has 1 N–H and O–H groups in total. The topological polar surface area (TPSA) is 86.8 Å². The molecule has 0 aliphatic heterocycles. The molecule has 0 atom stereocenters. The number of hydrogen-bond acceptors (Lipinski definition) is 6. The van der Waals surface area contributed by atoms with E-state index in [2.05, 4.69) is 10.3 Å². The number of aromatic nitrogens is 1. The normalized spacial score (nSPS) is 10.1. The average molecular weight is 372 g/mol. The second kappa shape index (κ2) is 10.8. The molecule has 0 bridgehead atoms. The Bertz CT molecular complexity index is 749. The Hall–Kier alpha value is -3.09. The monoisotopic (exact) mass is 372 g/mol. The van der Waals surface area contributed by atoms with Gasteiger partial charge in [-0.15, -0.1) is 0 Å². The van der Waals surface area contributed by atoms with Crippen molar-refractivity contribution in [3.05, 3.63) is 53.9 Å². The number of ether oxygens (including phenoxy) is 3. The minimum absolute atomic E-state index is 0.130. The van der Waals surface area contributed by atoms with Gasteiger partial charge in [0.05, 0.1) is 19.6 Å². The van der Waals surface area contributed by atoms with Crippen molar-refractivity contribution in [2.24, 2.45) is 0 Å². The van der Waals surface area contributed by atoms with Gasteiger partial charge < -0.3 is 19.5 Å². The molecule has 0 radical (unpaired) electrons. The fraction of sp³-hybridized carbons (Fsp3) is 0.350. The lowest BCUT2D eigenvalue weighted by Crippen LogP contribution is -2.26. The van der Waals surface area contributed by atoms with Crippen LogP contribution < -0.4 is 14.8 Å². The summed E-state index contributed by atoms with van der Waals surface area (Å²) >= 11 is 0. The SMILES string of the molecule is CCOC(=O)CCNC(=O)c1ccc(OCc2ccncc2)c(OCC)c1. The van der Waals surface area contributed by atoms with Crippen LogP contribution in [0.2, 0.25) is 0 Å². The lowest BCUT2D eigenvalue weighted by molar-refractivity contribution is -0.142. The number of nitrogens with one attached hydrogen (secondary N) is 1. The zero-order valence-electron chi connectivity index (χ0n) is 15.6. The Morgan fingerprint density at radius 2 is 1.78 bits per heavy atom. The second-order valence-corrected chi connectivity index (χ2v) is 5.55. The fourth-order valence-electron chi connectivity index (χ4n) is 2.29. The number of benzene rings is 1. The lowest BCUT2D eigenvalue weighted by Gasteiger charge is -2.13. The molecule has 0 unspecified atom stereocenters. The Balaban J connectivity index is 1.98. The second-order valence-electron chi connectivity index (χ2n) is 5.55. The van der Waals surface area contributed by atoms with Gasteiger partial charge in [0, 0.05) is 24.5 Å². The van der Waals surface area contributed by atoms with Crippen LogP contribution in [0.3, 0.4) is 0 Å². The Morgan fingerprint density at radius 3 is 2.48 bits per heavy atom. The third-order valence-corrected chi connectivity index (χ3v) is 3.57. The predicted molar refractivity (Wildman–Crippen MR) is 99.8 cm³/mol. The first kappa shape index (κ1) is 20.2. The molecule has 0 saturated heterocycles. The van der Waals surface area contributed by atoms with E-state index in [1.165, 1.54) is 0 Å². The molecular weight excluding hydrogens is 348 g/mol. The van der Waals surface area contributed by atoms with E-state index in [-0.39, 0.29) is 24.8 Å². The highest BCUT2D eigenvalue weighted by Crippen LogP contribution is 2.29. The third-order valence-electron chi connectivity index (χ3n) is 3.57. The molecular formula is C20H24N2O5. The highest BCUT2D eigenvalue weighted by molar-refractivity contribution is 5.95. The van der Waals surface area contributed by atoms with E-state index in [9.17, 15) is 9.59 Å². The van der Waals surface area contributed by atoms with Crippen molar-refractivity contribution in [1.82, 2.24) is 10.3 Å². The number of rotatable bonds is 10. The van der Waals surface area contributed by atoms with Gasteiger partial charge in [0.2, 0.25) is 0 Å². The van der Waals surface area contributed by atoms with Gasteiger partial charge in [0.15, 0.2) is 11.5 Å². The van der Waals surface area contributed by atoms with Crippen LogP contribution in [0.1, 0.15) is 36.2 Å². The summed E-state index contributed by atoms with van der Waals surface area (Å²) in [5, 5.41) is 2.69. The molecule has 0 aliphatic rings. The molecule has 1 amide bonds. The summed E-state index contributed by atoms with van der Waals surface area (Å²) in [6, 6.07) is 8.72. The first-order valence-electron chi connectivity index (χ1n) is 8.86. The van der Waals surface area contributed by atoms with Crippen molar-refractivity contribution in [2.45, 2.75) is 26.9 Å². The standard InChI is InChI=1S/C20H24N2O5/c1-3-25-18-13-16(20(24)22-12-9-19(23)26-4-2)5-6-17(18)27-14-15-7-10-21-11-8-15/h5-8,10-11,13H,3-4,9,12,14H2,1-2H3,(H,22,24). The molecule has 0 fully saturated rings. The molecule has 7 heteroatoms. The van der Waals surface area contributed by atoms with Gasteiger partial charge in [-0.25, -0.2) is 0 Å². The molecule has 27 heavy (non-hydrogen) atoms. The quantitative estimate of drug-likeness (QED) is 0.646. The van der Waals surface area contributed by atoms with Crippen LogP contribution in [0.15, 0.2) is 42.7 Å². The van der Waals surface area contributed by atoms with Crippen molar-refractivity contribution in [1.29, 1.82) is 0 Å². The van der Waals surface area contributed by atoms with Crippen LogP contribution >= 0.6 is 0 Å². The van der Waals surface area contributed by atoms with Crippen LogP contribution in [-0.2, 0) is 16.1 Å². The van der Waals surface area contributed by atoms with E-state index in [1.807, 2.05) is 19.1 Å². The molecule has 7 nitrogen and oxygen atoms in total. The predicted octanol–water partition coefficient (Wildman–Crippen LogP) is 2.74. The smallest absolute Gasteiger partial charge is 0.307 e. The maximum absolute atomic E-state index is 12.3. The Labute approximate surface area is 158 Å². The summed E-state index contributed by atoms with van der Waals surface area (Å²) in [5.74, 6) is 0.412. The largest absolute Gasteiger partial charge is 0.490 e. The summed E-state index contributed by atoms with van der Waals surface area (Å²) in [6.45, 7) is 4.95. The van der Waals surface area contributed by atoms with Gasteiger partial charge in [-0.1, -0.05) is 0 Å². The van der Waals surface area contributed by atoms with Crippen LogP contribution in [0.25, 0.3) is 0 Å². The lowest BCUT2D eigenvalue weighted by atomic mass is 10.2. The molecule has 1 heterocycles. The molecule has 0 saturated carbocycles. The number of pyridine rings is 1. The van der Waals surface area contributed by atoms with Gasteiger partial charge in [0.25, 0.3) is 5.91 Å². The van der Waals surface area contributed by atoms with Gasteiger partial charge in [-0.2, -0.15) is 0 Å².